The van der Waals surface area contributed by atoms with Gasteiger partial charge >= 0.3 is 0 Å². The molecule has 0 radical (unpaired) electrons. The van der Waals surface area contributed by atoms with Crippen LogP contribution < -0.4 is 10.1 Å². The van der Waals surface area contributed by atoms with Crippen LogP contribution in [-0.2, 0) is 14.6 Å². The Kier molecular flexibility index (Phi) is 7.03. The van der Waals surface area contributed by atoms with E-state index < -0.39 is 21.8 Å². The molecule has 1 amide bonds. The molecule has 0 aliphatic carbocycles. The third-order valence-electron chi connectivity index (χ3n) is 5.76. The minimum atomic E-state index is -3.16. The van der Waals surface area contributed by atoms with Crippen molar-refractivity contribution in [3.8, 4) is 28.8 Å². The molecular formula is C26H26N4O4S. The highest BCUT2D eigenvalue weighted by Gasteiger charge is 2.29. The Labute approximate surface area is 204 Å². The van der Waals surface area contributed by atoms with Gasteiger partial charge in [0, 0.05) is 23.4 Å². The van der Waals surface area contributed by atoms with Gasteiger partial charge in [-0.05, 0) is 62.2 Å². The topological polar surface area (TPSA) is 114 Å². The standard InChI is InChI=1S/C26H26N4O4S/c1-3-34-23-9-10-24(18(2)13-23)25-20(16-30(29-25)22-7-5-4-6-8-22)14-19(15-27)26(31)28-21-11-12-35(32,33)17-21/h4-10,13-14,16,21H,3,11-12,17H2,1-2H3,(H,28,31)/b19-14-/t21-/m1/s1. The average molecular weight is 491 g/mol. The summed E-state index contributed by atoms with van der Waals surface area (Å²) in [5.41, 5.74) is 3.69. The molecule has 1 fully saturated rings. The molecule has 8 nitrogen and oxygen atoms in total. The fraction of sp³-hybridized carbons (Fsp3) is 0.269. The number of ether oxygens (including phenoxy) is 1. The Balaban J connectivity index is 1.74. The van der Waals surface area contributed by atoms with E-state index >= 15 is 0 Å². The number of aromatic nitrogens is 2. The average Bonchev–Trinajstić information content (AvgIpc) is 3.40. The molecule has 1 N–H and O–H groups in total. The predicted octanol–water partition coefficient (Wildman–Crippen LogP) is 3.46. The smallest absolute Gasteiger partial charge is 0.262 e. The summed E-state index contributed by atoms with van der Waals surface area (Å²) in [7, 11) is -3.16. The number of para-hydroxylation sites is 1. The van der Waals surface area contributed by atoms with E-state index in [0.29, 0.717) is 24.3 Å². The van der Waals surface area contributed by atoms with Crippen LogP contribution in [0.4, 0.5) is 0 Å². The van der Waals surface area contributed by atoms with Gasteiger partial charge in [-0.2, -0.15) is 10.4 Å². The van der Waals surface area contributed by atoms with Gasteiger partial charge in [0.15, 0.2) is 9.84 Å². The number of amides is 1. The SMILES string of the molecule is CCOc1ccc(-c2nn(-c3ccccc3)cc2/C=C(/C#N)C(=O)N[C@@H]2CCS(=O)(=O)C2)c(C)c1. The van der Waals surface area contributed by atoms with Gasteiger partial charge in [-0.15, -0.1) is 0 Å². The summed E-state index contributed by atoms with van der Waals surface area (Å²) in [6.07, 6.45) is 3.61. The van der Waals surface area contributed by atoms with E-state index in [1.165, 1.54) is 6.08 Å². The van der Waals surface area contributed by atoms with Crippen molar-refractivity contribution in [2.75, 3.05) is 18.1 Å². The van der Waals surface area contributed by atoms with E-state index in [0.717, 1.165) is 22.6 Å². The number of benzene rings is 2. The summed E-state index contributed by atoms with van der Waals surface area (Å²) < 4.78 is 30.8. The maximum absolute atomic E-state index is 12.8. The lowest BCUT2D eigenvalue weighted by Gasteiger charge is -2.10. The minimum absolute atomic E-state index is 0.0363. The second-order valence-electron chi connectivity index (χ2n) is 8.37. The molecule has 1 aliphatic heterocycles. The first kappa shape index (κ1) is 24.2. The van der Waals surface area contributed by atoms with Gasteiger partial charge in [-0.25, -0.2) is 13.1 Å². The molecule has 180 valence electrons. The van der Waals surface area contributed by atoms with Crippen LogP contribution in [0.5, 0.6) is 5.75 Å². The zero-order valence-corrected chi connectivity index (χ0v) is 20.4. The molecule has 3 aromatic rings. The van der Waals surface area contributed by atoms with Crippen molar-refractivity contribution in [2.45, 2.75) is 26.3 Å². The Bertz CT molecular complexity index is 1420. The summed E-state index contributed by atoms with van der Waals surface area (Å²) in [5, 5.41) is 17.2. The fourth-order valence-electron chi connectivity index (χ4n) is 4.05. The number of hydrogen-bond acceptors (Lipinski definition) is 6. The molecule has 4 rings (SSSR count). The number of carbonyl (C=O) groups excluding carboxylic acids is 1. The number of sulfone groups is 1. The van der Waals surface area contributed by atoms with Gasteiger partial charge in [-0.3, -0.25) is 4.79 Å². The fourth-order valence-corrected chi connectivity index (χ4v) is 5.72. The summed E-state index contributed by atoms with van der Waals surface area (Å²) in [5.74, 6) is 0.0718. The number of nitrogens with zero attached hydrogens (tertiary/aromatic N) is 3. The maximum Gasteiger partial charge on any atom is 0.262 e. The number of nitriles is 1. The molecule has 2 heterocycles. The summed E-state index contributed by atoms with van der Waals surface area (Å²) in [4.78, 5) is 12.8. The first-order valence-corrected chi connectivity index (χ1v) is 13.1. The number of nitrogens with one attached hydrogen (secondary N) is 1. The van der Waals surface area contributed by atoms with Gasteiger partial charge in [0.05, 0.1) is 23.8 Å². The molecule has 2 aromatic carbocycles. The van der Waals surface area contributed by atoms with Crippen molar-refractivity contribution in [3.63, 3.8) is 0 Å². The lowest BCUT2D eigenvalue weighted by atomic mass is 10.0. The summed E-state index contributed by atoms with van der Waals surface area (Å²) in [6.45, 7) is 4.42. The van der Waals surface area contributed by atoms with Crippen LogP contribution in [0.1, 0.15) is 24.5 Å². The van der Waals surface area contributed by atoms with Gasteiger partial charge in [0.25, 0.3) is 5.91 Å². The molecule has 0 bridgehead atoms. The molecule has 1 aliphatic rings. The first-order chi connectivity index (χ1) is 16.8. The highest BCUT2D eigenvalue weighted by molar-refractivity contribution is 7.91. The lowest BCUT2D eigenvalue weighted by molar-refractivity contribution is -0.117. The van der Waals surface area contributed by atoms with Crippen molar-refractivity contribution >= 4 is 21.8 Å². The highest BCUT2D eigenvalue weighted by atomic mass is 32.2. The lowest BCUT2D eigenvalue weighted by Crippen LogP contribution is -2.36. The Morgan fingerprint density at radius 2 is 2.06 bits per heavy atom. The minimum Gasteiger partial charge on any atom is -0.494 e. The predicted molar refractivity (Wildman–Crippen MR) is 134 cm³/mol. The molecule has 9 heteroatoms. The van der Waals surface area contributed by atoms with Crippen LogP contribution in [0, 0.1) is 18.3 Å². The van der Waals surface area contributed by atoms with E-state index in [9.17, 15) is 18.5 Å². The van der Waals surface area contributed by atoms with Gasteiger partial charge < -0.3 is 10.1 Å². The largest absolute Gasteiger partial charge is 0.494 e. The van der Waals surface area contributed by atoms with Gasteiger partial charge in [-0.1, -0.05) is 18.2 Å². The van der Waals surface area contributed by atoms with E-state index in [4.69, 9.17) is 9.84 Å². The van der Waals surface area contributed by atoms with Crippen molar-refractivity contribution in [1.82, 2.24) is 15.1 Å². The quantitative estimate of drug-likeness (QED) is 0.401. The van der Waals surface area contributed by atoms with E-state index in [2.05, 4.69) is 5.32 Å². The molecule has 1 atom stereocenters. The molecule has 0 spiro atoms. The Hall–Kier alpha value is -3.90. The zero-order valence-electron chi connectivity index (χ0n) is 19.6. The van der Waals surface area contributed by atoms with E-state index in [1.54, 1.807) is 10.9 Å². The summed E-state index contributed by atoms with van der Waals surface area (Å²) in [6, 6.07) is 16.7. The monoisotopic (exact) mass is 490 g/mol. The molecule has 0 saturated carbocycles. The van der Waals surface area contributed by atoms with Crippen LogP contribution in [0.15, 0.2) is 60.3 Å². The van der Waals surface area contributed by atoms with E-state index in [1.807, 2.05) is 68.4 Å². The first-order valence-electron chi connectivity index (χ1n) is 11.3. The van der Waals surface area contributed by atoms with Crippen molar-refractivity contribution < 1.29 is 17.9 Å². The number of hydrogen-bond donors (Lipinski definition) is 1. The number of carbonyl (C=O) groups is 1. The second-order valence-corrected chi connectivity index (χ2v) is 10.6. The normalized spacial score (nSPS) is 17.1. The van der Waals surface area contributed by atoms with Crippen LogP contribution in [0.2, 0.25) is 0 Å². The number of aryl methyl sites for hydroxylation is 1. The second kappa shape index (κ2) is 10.2. The summed E-state index contributed by atoms with van der Waals surface area (Å²) >= 11 is 0. The molecule has 35 heavy (non-hydrogen) atoms. The van der Waals surface area contributed by atoms with Crippen LogP contribution >= 0.6 is 0 Å². The molecule has 1 saturated heterocycles. The molecule has 0 unspecified atom stereocenters. The zero-order chi connectivity index (χ0) is 25.0. The van der Waals surface area contributed by atoms with E-state index in [-0.39, 0.29) is 17.1 Å². The van der Waals surface area contributed by atoms with Crippen LogP contribution in [-0.4, -0.2) is 48.3 Å². The highest BCUT2D eigenvalue weighted by Crippen LogP contribution is 2.31. The third kappa shape index (κ3) is 5.61. The molecular weight excluding hydrogens is 464 g/mol. The van der Waals surface area contributed by atoms with Crippen molar-refractivity contribution in [1.29, 1.82) is 5.26 Å². The van der Waals surface area contributed by atoms with Crippen LogP contribution in [0.3, 0.4) is 0 Å². The van der Waals surface area contributed by atoms with Crippen molar-refractivity contribution in [2.24, 2.45) is 0 Å². The number of rotatable bonds is 7. The van der Waals surface area contributed by atoms with Gasteiger partial charge in [0.1, 0.15) is 23.1 Å². The third-order valence-corrected chi connectivity index (χ3v) is 7.53. The van der Waals surface area contributed by atoms with Crippen LogP contribution in [0.25, 0.3) is 23.0 Å². The van der Waals surface area contributed by atoms with Gasteiger partial charge in [0.2, 0.25) is 0 Å². The Morgan fingerprint density at radius 3 is 2.69 bits per heavy atom. The maximum atomic E-state index is 12.8. The molecule has 1 aromatic heterocycles. The Morgan fingerprint density at radius 1 is 1.29 bits per heavy atom. The van der Waals surface area contributed by atoms with Crippen molar-refractivity contribution in [3.05, 3.63) is 71.4 Å².